The summed E-state index contributed by atoms with van der Waals surface area (Å²) >= 11 is 0. The number of aldehydes is 1. The molecule has 2 aromatic rings. The molecule has 0 spiro atoms. The summed E-state index contributed by atoms with van der Waals surface area (Å²) in [5.74, 6) is -0.496. The lowest BCUT2D eigenvalue weighted by molar-refractivity contribution is 0.112. The number of nitrogens with one attached hydrogen (secondary N) is 1. The zero-order valence-corrected chi connectivity index (χ0v) is 11.4. The van der Waals surface area contributed by atoms with Gasteiger partial charge in [0.05, 0.1) is 4.90 Å². The van der Waals surface area contributed by atoms with Crippen molar-refractivity contribution in [2.24, 2.45) is 0 Å². The van der Waals surface area contributed by atoms with Crippen molar-refractivity contribution in [3.8, 4) is 0 Å². The molecule has 20 heavy (non-hydrogen) atoms. The Bertz CT molecular complexity index is 757. The van der Waals surface area contributed by atoms with Gasteiger partial charge in [0, 0.05) is 11.3 Å². The van der Waals surface area contributed by atoms with Crippen LogP contribution < -0.4 is 4.72 Å². The Balaban J connectivity index is 2.37. The molecule has 2 aromatic carbocycles. The van der Waals surface area contributed by atoms with Crippen molar-refractivity contribution in [1.82, 2.24) is 0 Å². The third-order valence-corrected chi connectivity index (χ3v) is 4.24. The molecule has 0 fully saturated rings. The molecular weight excluding hydrogens is 281 g/mol. The maximum atomic E-state index is 13.0. The monoisotopic (exact) mass is 293 g/mol. The first kappa shape index (κ1) is 14.2. The van der Waals surface area contributed by atoms with Crippen LogP contribution in [-0.4, -0.2) is 14.7 Å². The number of aryl methyl sites for hydroxylation is 1. The molecule has 0 amide bonds. The lowest BCUT2D eigenvalue weighted by Gasteiger charge is -2.10. The van der Waals surface area contributed by atoms with Crippen molar-refractivity contribution in [1.29, 1.82) is 0 Å². The van der Waals surface area contributed by atoms with Gasteiger partial charge in [0.1, 0.15) is 12.1 Å². The van der Waals surface area contributed by atoms with E-state index in [1.165, 1.54) is 25.1 Å². The zero-order chi connectivity index (χ0) is 14.8. The Kier molecular flexibility index (Phi) is 3.85. The molecule has 0 unspecified atom stereocenters. The van der Waals surface area contributed by atoms with Crippen LogP contribution in [0.15, 0.2) is 47.4 Å². The van der Waals surface area contributed by atoms with Gasteiger partial charge in [-0.2, -0.15) is 0 Å². The zero-order valence-electron chi connectivity index (χ0n) is 10.6. The maximum absolute atomic E-state index is 13.0. The van der Waals surface area contributed by atoms with Crippen LogP contribution in [0, 0.1) is 12.7 Å². The van der Waals surface area contributed by atoms with E-state index in [0.29, 0.717) is 17.4 Å². The molecule has 6 heteroatoms. The molecule has 0 saturated heterocycles. The van der Waals surface area contributed by atoms with Gasteiger partial charge in [-0.05, 0) is 42.8 Å². The van der Waals surface area contributed by atoms with Gasteiger partial charge in [-0.3, -0.25) is 9.52 Å². The van der Waals surface area contributed by atoms with E-state index in [4.69, 9.17) is 0 Å². The summed E-state index contributed by atoms with van der Waals surface area (Å²) in [6.45, 7) is 1.51. The second-order valence-corrected chi connectivity index (χ2v) is 5.91. The third-order valence-electron chi connectivity index (χ3n) is 2.70. The highest BCUT2D eigenvalue weighted by atomic mass is 32.2. The van der Waals surface area contributed by atoms with E-state index < -0.39 is 15.8 Å². The fourth-order valence-electron chi connectivity index (χ4n) is 1.80. The molecule has 0 aliphatic heterocycles. The molecule has 0 aliphatic rings. The minimum Gasteiger partial charge on any atom is -0.298 e. The van der Waals surface area contributed by atoms with Crippen molar-refractivity contribution in [3.05, 3.63) is 59.4 Å². The average Bonchev–Trinajstić information content (AvgIpc) is 2.37. The normalized spacial score (nSPS) is 11.1. The number of hydrogen-bond donors (Lipinski definition) is 1. The second kappa shape index (κ2) is 5.42. The number of halogens is 1. The number of carbonyl (C=O) groups is 1. The van der Waals surface area contributed by atoms with Gasteiger partial charge in [0.15, 0.2) is 0 Å². The van der Waals surface area contributed by atoms with Crippen LogP contribution in [0.1, 0.15) is 15.9 Å². The van der Waals surface area contributed by atoms with Gasteiger partial charge in [0.25, 0.3) is 10.0 Å². The van der Waals surface area contributed by atoms with Crippen molar-refractivity contribution in [2.75, 3.05) is 4.72 Å². The molecule has 4 nitrogen and oxygen atoms in total. The highest BCUT2D eigenvalue weighted by molar-refractivity contribution is 7.92. The number of rotatable bonds is 4. The number of sulfonamides is 1. The summed E-state index contributed by atoms with van der Waals surface area (Å²) in [6.07, 6.45) is 0.626. The Morgan fingerprint density at radius 2 is 1.90 bits per heavy atom. The van der Waals surface area contributed by atoms with E-state index in [0.717, 1.165) is 12.1 Å². The Morgan fingerprint density at radius 1 is 1.15 bits per heavy atom. The summed E-state index contributed by atoms with van der Waals surface area (Å²) < 4.78 is 39.8. The Morgan fingerprint density at radius 3 is 2.55 bits per heavy atom. The second-order valence-electron chi connectivity index (χ2n) is 4.26. The van der Waals surface area contributed by atoms with Crippen LogP contribution in [-0.2, 0) is 10.0 Å². The Labute approximate surface area is 116 Å². The molecule has 0 aromatic heterocycles. The number of anilines is 1. The van der Waals surface area contributed by atoms with Crippen molar-refractivity contribution < 1.29 is 17.6 Å². The van der Waals surface area contributed by atoms with E-state index in [2.05, 4.69) is 4.72 Å². The van der Waals surface area contributed by atoms with Crippen LogP contribution >= 0.6 is 0 Å². The van der Waals surface area contributed by atoms with Gasteiger partial charge >= 0.3 is 0 Å². The quantitative estimate of drug-likeness (QED) is 0.882. The molecule has 0 aliphatic carbocycles. The van der Waals surface area contributed by atoms with Crippen LogP contribution in [0.5, 0.6) is 0 Å². The van der Waals surface area contributed by atoms with Crippen LogP contribution in [0.25, 0.3) is 0 Å². The van der Waals surface area contributed by atoms with E-state index in [1.807, 2.05) is 0 Å². The lowest BCUT2D eigenvalue weighted by Crippen LogP contribution is -2.14. The Hall–Kier alpha value is -2.21. The van der Waals surface area contributed by atoms with E-state index in [1.54, 1.807) is 12.1 Å². The van der Waals surface area contributed by atoms with Gasteiger partial charge in [-0.25, -0.2) is 12.8 Å². The van der Waals surface area contributed by atoms with Crippen molar-refractivity contribution >= 4 is 22.0 Å². The fourth-order valence-corrected chi connectivity index (χ4v) is 3.08. The minimum absolute atomic E-state index is 0.00425. The van der Waals surface area contributed by atoms with Crippen LogP contribution in [0.3, 0.4) is 0 Å². The summed E-state index contributed by atoms with van der Waals surface area (Å²) in [4.78, 5) is 10.7. The van der Waals surface area contributed by atoms with Crippen molar-refractivity contribution in [3.63, 3.8) is 0 Å². The average molecular weight is 293 g/mol. The minimum atomic E-state index is -3.82. The first-order valence-electron chi connectivity index (χ1n) is 5.76. The van der Waals surface area contributed by atoms with E-state index in [-0.39, 0.29) is 10.6 Å². The first-order valence-corrected chi connectivity index (χ1v) is 7.25. The van der Waals surface area contributed by atoms with Gasteiger partial charge in [0.2, 0.25) is 0 Å². The third kappa shape index (κ3) is 3.03. The van der Waals surface area contributed by atoms with Gasteiger partial charge in [-0.15, -0.1) is 0 Å². The number of hydrogen-bond acceptors (Lipinski definition) is 3. The van der Waals surface area contributed by atoms with Gasteiger partial charge < -0.3 is 0 Å². The lowest BCUT2D eigenvalue weighted by atomic mass is 10.2. The summed E-state index contributed by atoms with van der Waals surface area (Å²) in [5, 5.41) is 0. The molecule has 0 bridgehead atoms. The summed E-state index contributed by atoms with van der Waals surface area (Å²) in [5.41, 5.74) is 0.948. The van der Waals surface area contributed by atoms with Gasteiger partial charge in [-0.1, -0.05) is 12.1 Å². The fraction of sp³-hybridized carbons (Fsp3) is 0.0714. The first-order chi connectivity index (χ1) is 9.42. The van der Waals surface area contributed by atoms with Crippen molar-refractivity contribution in [2.45, 2.75) is 11.8 Å². The summed E-state index contributed by atoms with van der Waals surface area (Å²) in [7, 11) is -3.82. The topological polar surface area (TPSA) is 63.2 Å². The molecule has 1 N–H and O–H groups in total. The molecule has 0 heterocycles. The predicted octanol–water partition coefficient (Wildman–Crippen LogP) is 2.75. The highest BCUT2D eigenvalue weighted by Gasteiger charge is 2.17. The number of carbonyl (C=O) groups excluding carboxylic acids is 1. The molecule has 0 radical (unpaired) electrons. The molecular formula is C14H12FNO3S. The molecule has 0 atom stereocenters. The van der Waals surface area contributed by atoms with Crippen LogP contribution in [0.2, 0.25) is 0 Å². The summed E-state index contributed by atoms with van der Waals surface area (Å²) in [6, 6.07) is 9.52. The van der Waals surface area contributed by atoms with E-state index in [9.17, 15) is 17.6 Å². The van der Waals surface area contributed by atoms with E-state index >= 15 is 0 Å². The highest BCUT2D eigenvalue weighted by Crippen LogP contribution is 2.20. The standard InChI is InChI=1S/C14H12FNO3S/c1-10-7-12(15)5-6-14(10)20(18,19)16-13-4-2-3-11(8-13)9-17/h2-9,16H,1H3. The SMILES string of the molecule is Cc1cc(F)ccc1S(=O)(=O)Nc1cccc(C=O)c1. The molecule has 0 saturated carbocycles. The largest absolute Gasteiger partial charge is 0.298 e. The molecule has 104 valence electrons. The van der Waals surface area contributed by atoms with Crippen LogP contribution in [0.4, 0.5) is 10.1 Å². The maximum Gasteiger partial charge on any atom is 0.262 e. The predicted molar refractivity (Wildman–Crippen MR) is 73.8 cm³/mol. The smallest absolute Gasteiger partial charge is 0.262 e. The molecule has 2 rings (SSSR count). The number of benzene rings is 2.